The van der Waals surface area contributed by atoms with Crippen LogP contribution < -0.4 is 10.6 Å². The maximum atomic E-state index is 12.3. The molecule has 0 fully saturated rings. The van der Waals surface area contributed by atoms with Crippen LogP contribution in [0.3, 0.4) is 0 Å². The highest BCUT2D eigenvalue weighted by atomic mass is 19.4. The van der Waals surface area contributed by atoms with Gasteiger partial charge in [0.1, 0.15) is 0 Å². The van der Waals surface area contributed by atoms with Crippen LogP contribution in [-0.4, -0.2) is 61.8 Å². The van der Waals surface area contributed by atoms with Crippen molar-refractivity contribution in [2.75, 3.05) is 39.8 Å². The zero-order valence-corrected chi connectivity index (χ0v) is 16.1. The third kappa shape index (κ3) is 6.78. The number of hydrogen-bond donors (Lipinski definition) is 3. The molecule has 0 bridgehead atoms. The van der Waals surface area contributed by atoms with Crippen LogP contribution in [0.4, 0.5) is 13.2 Å². The molecular weight excluding hydrogens is 355 g/mol. The summed E-state index contributed by atoms with van der Waals surface area (Å²) < 4.78 is 37.0. The number of alkyl halides is 3. The summed E-state index contributed by atoms with van der Waals surface area (Å²) in [5.74, 6) is 0.619. The van der Waals surface area contributed by atoms with E-state index in [0.717, 1.165) is 11.9 Å². The van der Waals surface area contributed by atoms with E-state index in [1.807, 2.05) is 19.2 Å². The van der Waals surface area contributed by atoms with E-state index in [1.54, 1.807) is 0 Å². The van der Waals surface area contributed by atoms with Gasteiger partial charge in [-0.05, 0) is 38.4 Å². The van der Waals surface area contributed by atoms with Gasteiger partial charge in [0.05, 0.1) is 13.1 Å². The fourth-order valence-electron chi connectivity index (χ4n) is 2.95. The molecule has 0 radical (unpaired) electrons. The predicted octanol–water partition coefficient (Wildman–Crippen LogP) is 3.07. The summed E-state index contributed by atoms with van der Waals surface area (Å²) in [4.78, 5) is 8.89. The zero-order valence-electron chi connectivity index (χ0n) is 16.1. The Morgan fingerprint density at radius 1 is 1.26 bits per heavy atom. The molecular formula is C19H28F3N5. The minimum atomic E-state index is -4.18. The number of aromatic nitrogens is 1. The molecule has 0 unspecified atom stereocenters. The summed E-state index contributed by atoms with van der Waals surface area (Å²) in [6.07, 6.45) is -1.34. The molecule has 0 amide bonds. The summed E-state index contributed by atoms with van der Waals surface area (Å²) in [6.45, 7) is 5.03. The van der Waals surface area contributed by atoms with Crippen LogP contribution in [0.2, 0.25) is 0 Å². The Balaban J connectivity index is 1.85. The second-order valence-corrected chi connectivity index (χ2v) is 6.60. The van der Waals surface area contributed by atoms with Crippen LogP contribution in [0.25, 0.3) is 10.9 Å². The number of hydrogen-bond acceptors (Lipinski definition) is 2. The van der Waals surface area contributed by atoms with Crippen molar-refractivity contribution in [3.63, 3.8) is 0 Å². The van der Waals surface area contributed by atoms with Gasteiger partial charge in [-0.3, -0.25) is 9.89 Å². The summed E-state index contributed by atoms with van der Waals surface area (Å²) in [5.41, 5.74) is 3.59. The summed E-state index contributed by atoms with van der Waals surface area (Å²) in [5, 5.41) is 7.58. The molecule has 0 saturated heterocycles. The number of nitrogens with one attached hydrogen (secondary N) is 3. The van der Waals surface area contributed by atoms with Crippen LogP contribution in [0.15, 0.2) is 29.4 Å². The first-order chi connectivity index (χ1) is 12.8. The van der Waals surface area contributed by atoms with Gasteiger partial charge in [0, 0.05) is 36.7 Å². The van der Waals surface area contributed by atoms with Crippen LogP contribution >= 0.6 is 0 Å². The lowest BCUT2D eigenvalue weighted by molar-refractivity contribution is -0.142. The standard InChI is InChI=1S/C19H28F3N5/c1-4-23-18(25-10-11-27(3)13-19(20,21)22)24-9-8-15-12-26-17-14(2)6-5-7-16(15)17/h5-7,12,26H,4,8-11,13H2,1-3H3,(H2,23,24,25). The molecule has 5 nitrogen and oxygen atoms in total. The van der Waals surface area contributed by atoms with Crippen molar-refractivity contribution in [1.29, 1.82) is 0 Å². The van der Waals surface area contributed by atoms with E-state index in [1.165, 1.54) is 28.5 Å². The Morgan fingerprint density at radius 2 is 2.04 bits per heavy atom. The first kappa shape index (κ1) is 21.1. The Hall–Kier alpha value is -2.22. The van der Waals surface area contributed by atoms with Gasteiger partial charge in [0.15, 0.2) is 5.96 Å². The van der Waals surface area contributed by atoms with E-state index >= 15 is 0 Å². The van der Waals surface area contributed by atoms with Gasteiger partial charge in [-0.25, -0.2) is 0 Å². The number of para-hydroxylation sites is 1. The van der Waals surface area contributed by atoms with Crippen LogP contribution in [-0.2, 0) is 6.42 Å². The minimum absolute atomic E-state index is 0.248. The van der Waals surface area contributed by atoms with E-state index in [9.17, 15) is 13.2 Å². The molecule has 8 heteroatoms. The maximum Gasteiger partial charge on any atom is 0.401 e. The van der Waals surface area contributed by atoms with E-state index in [4.69, 9.17) is 0 Å². The lowest BCUT2D eigenvalue weighted by Crippen LogP contribution is -2.39. The fraction of sp³-hybridized carbons (Fsp3) is 0.526. The molecule has 1 aromatic heterocycles. The number of rotatable bonds is 8. The van der Waals surface area contributed by atoms with Gasteiger partial charge in [-0.2, -0.15) is 13.2 Å². The van der Waals surface area contributed by atoms with Crippen LogP contribution in [0.1, 0.15) is 18.1 Å². The first-order valence-electron chi connectivity index (χ1n) is 9.13. The van der Waals surface area contributed by atoms with Gasteiger partial charge in [0.25, 0.3) is 0 Å². The highest BCUT2D eigenvalue weighted by molar-refractivity contribution is 5.86. The molecule has 3 N–H and O–H groups in total. The average molecular weight is 383 g/mol. The molecule has 0 aliphatic carbocycles. The largest absolute Gasteiger partial charge is 0.401 e. The maximum absolute atomic E-state index is 12.3. The molecule has 0 spiro atoms. The molecule has 2 aromatic rings. The number of aromatic amines is 1. The first-order valence-corrected chi connectivity index (χ1v) is 9.13. The lowest BCUT2D eigenvalue weighted by Gasteiger charge is -2.17. The van der Waals surface area contributed by atoms with Gasteiger partial charge >= 0.3 is 6.18 Å². The van der Waals surface area contributed by atoms with Gasteiger partial charge in [-0.1, -0.05) is 18.2 Å². The van der Waals surface area contributed by atoms with Gasteiger partial charge in [-0.15, -0.1) is 0 Å². The molecule has 1 aromatic carbocycles. The SMILES string of the molecule is CCNC(=NCCN(C)CC(F)(F)F)NCCc1c[nH]c2c(C)cccc12. The molecule has 0 aliphatic heterocycles. The molecule has 0 aliphatic rings. The van der Waals surface area contributed by atoms with Crippen molar-refractivity contribution in [2.24, 2.45) is 4.99 Å². The molecule has 1 heterocycles. The smallest absolute Gasteiger partial charge is 0.361 e. The number of H-pyrrole nitrogens is 1. The highest BCUT2D eigenvalue weighted by Gasteiger charge is 2.28. The summed E-state index contributed by atoms with van der Waals surface area (Å²) >= 11 is 0. The van der Waals surface area contributed by atoms with Crippen molar-refractivity contribution in [3.8, 4) is 0 Å². The van der Waals surface area contributed by atoms with Crippen molar-refractivity contribution in [2.45, 2.75) is 26.4 Å². The number of aryl methyl sites for hydroxylation is 1. The Kier molecular flexibility index (Phi) is 7.53. The molecule has 27 heavy (non-hydrogen) atoms. The second-order valence-electron chi connectivity index (χ2n) is 6.60. The third-order valence-electron chi connectivity index (χ3n) is 4.24. The lowest BCUT2D eigenvalue weighted by atomic mass is 10.1. The monoisotopic (exact) mass is 383 g/mol. The fourth-order valence-corrected chi connectivity index (χ4v) is 2.95. The van der Waals surface area contributed by atoms with Gasteiger partial charge in [0.2, 0.25) is 0 Å². The molecule has 150 valence electrons. The topological polar surface area (TPSA) is 55.5 Å². The summed E-state index contributed by atoms with van der Waals surface area (Å²) in [6, 6.07) is 6.22. The second kappa shape index (κ2) is 9.64. The van der Waals surface area contributed by atoms with E-state index in [-0.39, 0.29) is 6.54 Å². The molecule has 0 saturated carbocycles. The number of guanidine groups is 1. The molecule has 0 atom stereocenters. The van der Waals surface area contributed by atoms with E-state index in [0.29, 0.717) is 25.6 Å². The minimum Gasteiger partial charge on any atom is -0.361 e. The average Bonchev–Trinajstić information content (AvgIpc) is 2.98. The van der Waals surface area contributed by atoms with E-state index in [2.05, 4.69) is 39.7 Å². The number of benzene rings is 1. The van der Waals surface area contributed by atoms with Crippen LogP contribution in [0.5, 0.6) is 0 Å². The number of halogens is 3. The number of aliphatic imine (C=N–C) groups is 1. The summed E-state index contributed by atoms with van der Waals surface area (Å²) in [7, 11) is 1.45. The number of nitrogens with zero attached hydrogens (tertiary/aromatic N) is 2. The number of likely N-dealkylation sites (N-methyl/N-ethyl adjacent to an activating group) is 1. The Labute approximate surface area is 158 Å². The van der Waals surface area contributed by atoms with Crippen molar-refractivity contribution < 1.29 is 13.2 Å². The Morgan fingerprint density at radius 3 is 2.74 bits per heavy atom. The molecule has 2 rings (SSSR count). The zero-order chi connectivity index (χ0) is 19.9. The number of fused-ring (bicyclic) bond motifs is 1. The van der Waals surface area contributed by atoms with Crippen molar-refractivity contribution in [3.05, 3.63) is 35.5 Å². The third-order valence-corrected chi connectivity index (χ3v) is 4.24. The van der Waals surface area contributed by atoms with E-state index < -0.39 is 12.7 Å². The predicted molar refractivity (Wildman–Crippen MR) is 104 cm³/mol. The van der Waals surface area contributed by atoms with Crippen molar-refractivity contribution >= 4 is 16.9 Å². The quantitative estimate of drug-likeness (QED) is 0.485. The van der Waals surface area contributed by atoms with Crippen molar-refractivity contribution in [1.82, 2.24) is 20.5 Å². The Bertz CT molecular complexity index is 751. The highest BCUT2D eigenvalue weighted by Crippen LogP contribution is 2.21. The van der Waals surface area contributed by atoms with Crippen LogP contribution in [0, 0.1) is 6.92 Å². The van der Waals surface area contributed by atoms with Gasteiger partial charge < -0.3 is 15.6 Å². The normalized spacial score (nSPS) is 12.8.